The number of amides is 2. The molecule has 0 spiro atoms. The quantitative estimate of drug-likeness (QED) is 0.210. The van der Waals surface area contributed by atoms with Crippen LogP contribution in [0, 0.1) is 0 Å². The highest BCUT2D eigenvalue weighted by Crippen LogP contribution is 2.31. The number of nitrogens with zero attached hydrogens (tertiary/aromatic N) is 3. The molecule has 0 aliphatic heterocycles. The molecule has 0 bridgehead atoms. The highest BCUT2D eigenvalue weighted by Gasteiger charge is 2.26. The topological polar surface area (TPSA) is 119 Å². The maximum Gasteiger partial charge on any atom is 0.321 e. The summed E-state index contributed by atoms with van der Waals surface area (Å²) in [5, 5.41) is 9.71. The van der Waals surface area contributed by atoms with E-state index in [-0.39, 0.29) is 11.4 Å². The number of hydrogen-bond donors (Lipinski definition) is 2. The molecule has 41 heavy (non-hydrogen) atoms. The Morgan fingerprint density at radius 2 is 1.63 bits per heavy atom. The molecule has 0 radical (unpaired) electrons. The lowest BCUT2D eigenvalue weighted by atomic mass is 9.81. The smallest absolute Gasteiger partial charge is 0.321 e. The number of hydrogen-bond acceptors (Lipinski definition) is 6. The van der Waals surface area contributed by atoms with Gasteiger partial charge in [0.2, 0.25) is 5.88 Å². The minimum atomic E-state index is -3.24. The number of carbonyl (C=O) groups excluding carboxylic acids is 1. The van der Waals surface area contributed by atoms with Crippen molar-refractivity contribution in [2.45, 2.75) is 50.5 Å². The van der Waals surface area contributed by atoms with Gasteiger partial charge in [-0.15, -0.1) is 0 Å². The van der Waals surface area contributed by atoms with Gasteiger partial charge >= 0.3 is 6.03 Å². The van der Waals surface area contributed by atoms with Crippen LogP contribution in [0.2, 0.25) is 0 Å². The third-order valence-corrected chi connectivity index (χ3v) is 8.89. The maximum atomic E-state index is 12.4. The predicted molar refractivity (Wildman–Crippen MR) is 159 cm³/mol. The van der Waals surface area contributed by atoms with Crippen LogP contribution in [0.5, 0.6) is 0 Å². The lowest BCUT2D eigenvalue weighted by Gasteiger charge is -2.22. The second-order valence-electron chi connectivity index (χ2n) is 10.4. The Bertz CT molecular complexity index is 1780. The zero-order valence-electron chi connectivity index (χ0n) is 23.5. The van der Waals surface area contributed by atoms with E-state index in [4.69, 9.17) is 4.52 Å². The molecule has 0 saturated heterocycles. The van der Waals surface area contributed by atoms with Crippen LogP contribution in [0.1, 0.15) is 44.9 Å². The molecule has 0 aliphatic rings. The first-order valence-electron chi connectivity index (χ1n) is 13.5. The van der Waals surface area contributed by atoms with Crippen LogP contribution in [0.15, 0.2) is 88.5 Å². The lowest BCUT2D eigenvalue weighted by molar-refractivity contribution is 0.250. The van der Waals surface area contributed by atoms with Crippen molar-refractivity contribution in [1.82, 2.24) is 19.9 Å². The molecule has 212 valence electrons. The highest BCUT2D eigenvalue weighted by molar-refractivity contribution is 7.90. The van der Waals surface area contributed by atoms with E-state index in [0.29, 0.717) is 17.3 Å². The number of aromatic nitrogens is 3. The predicted octanol–water partition coefficient (Wildman–Crippen LogP) is 6.46. The summed E-state index contributed by atoms with van der Waals surface area (Å²) in [4.78, 5) is 17.3. The third-order valence-electron chi connectivity index (χ3n) is 7.76. The van der Waals surface area contributed by atoms with Crippen molar-refractivity contribution in [3.63, 3.8) is 0 Å². The molecule has 9 nitrogen and oxygen atoms in total. The molecule has 0 fully saturated rings. The normalized spacial score (nSPS) is 12.0. The summed E-state index contributed by atoms with van der Waals surface area (Å²) in [6, 6.07) is 20.1. The van der Waals surface area contributed by atoms with E-state index in [1.54, 1.807) is 30.3 Å². The molecule has 2 N–H and O–H groups in total. The summed E-state index contributed by atoms with van der Waals surface area (Å²) < 4.78 is 30.8. The average molecular weight is 572 g/mol. The molecule has 10 heteroatoms. The van der Waals surface area contributed by atoms with Gasteiger partial charge in [-0.3, -0.25) is 9.72 Å². The standard InChI is InChI=1S/C31H33N5O4S/c1-5-31(3,6-2)27-18-29(40-35-27)34-30(37)33-19-21-7-9-23(10-8-21)26-20-32-28-17-24(15-16-36(26)28)22-11-13-25(14-12-22)41(4,38)39/h7-18,20H,5-6,19H2,1-4H3,(H2,33,34,37). The van der Waals surface area contributed by atoms with Crippen LogP contribution in [-0.2, 0) is 21.8 Å². The number of carbonyl (C=O) groups is 1. The summed E-state index contributed by atoms with van der Waals surface area (Å²) in [5.74, 6) is 0.322. The van der Waals surface area contributed by atoms with Crippen molar-refractivity contribution in [2.24, 2.45) is 0 Å². The Kier molecular flexibility index (Phi) is 7.68. The monoisotopic (exact) mass is 571 g/mol. The van der Waals surface area contributed by atoms with Crippen molar-refractivity contribution in [2.75, 3.05) is 11.6 Å². The van der Waals surface area contributed by atoms with Crippen molar-refractivity contribution in [3.05, 3.63) is 90.4 Å². The van der Waals surface area contributed by atoms with Gasteiger partial charge in [0, 0.05) is 36.0 Å². The van der Waals surface area contributed by atoms with Gasteiger partial charge in [-0.1, -0.05) is 62.3 Å². The van der Waals surface area contributed by atoms with Crippen LogP contribution in [-0.4, -0.2) is 35.2 Å². The first kappa shape index (κ1) is 28.1. The second-order valence-corrected chi connectivity index (χ2v) is 12.4. The van der Waals surface area contributed by atoms with Crippen molar-refractivity contribution in [1.29, 1.82) is 0 Å². The van der Waals surface area contributed by atoms with E-state index in [0.717, 1.165) is 52.1 Å². The van der Waals surface area contributed by atoms with Crippen molar-refractivity contribution in [3.8, 4) is 22.4 Å². The Morgan fingerprint density at radius 1 is 0.951 bits per heavy atom. The van der Waals surface area contributed by atoms with E-state index in [9.17, 15) is 13.2 Å². The molecule has 5 aromatic rings. The van der Waals surface area contributed by atoms with Gasteiger partial charge in [-0.05, 0) is 53.8 Å². The van der Waals surface area contributed by atoms with E-state index >= 15 is 0 Å². The number of imidazole rings is 1. The van der Waals surface area contributed by atoms with Gasteiger partial charge in [0.15, 0.2) is 9.84 Å². The molecule has 0 aliphatic carbocycles. The largest absolute Gasteiger partial charge is 0.338 e. The van der Waals surface area contributed by atoms with Gasteiger partial charge in [-0.25, -0.2) is 18.2 Å². The number of fused-ring (bicyclic) bond motifs is 1. The molecule has 0 saturated carbocycles. The minimum Gasteiger partial charge on any atom is -0.338 e. The van der Waals surface area contributed by atoms with E-state index in [2.05, 4.69) is 41.5 Å². The zero-order chi connectivity index (χ0) is 29.2. The van der Waals surface area contributed by atoms with Crippen molar-refractivity contribution < 1.29 is 17.7 Å². The minimum absolute atomic E-state index is 0.0845. The fraction of sp³-hybridized carbons (Fsp3) is 0.258. The number of pyridine rings is 1. The fourth-order valence-corrected chi connectivity index (χ4v) is 5.26. The summed E-state index contributed by atoms with van der Waals surface area (Å²) in [7, 11) is -3.24. The SMILES string of the molecule is CCC(C)(CC)c1cc(NC(=O)NCc2ccc(-c3cnc4cc(-c5ccc(S(C)(=O)=O)cc5)ccn34)cc2)on1. The molecule has 2 amide bonds. The number of nitrogens with one attached hydrogen (secondary N) is 2. The molecule has 2 aromatic carbocycles. The Labute approximate surface area is 239 Å². The lowest BCUT2D eigenvalue weighted by Crippen LogP contribution is -2.28. The van der Waals surface area contributed by atoms with Crippen LogP contribution in [0.3, 0.4) is 0 Å². The van der Waals surface area contributed by atoms with Crippen LogP contribution in [0.4, 0.5) is 10.7 Å². The summed E-state index contributed by atoms with van der Waals surface area (Å²) in [6.45, 7) is 6.71. The van der Waals surface area contributed by atoms with Gasteiger partial charge in [0.05, 0.1) is 22.5 Å². The van der Waals surface area contributed by atoms with E-state index < -0.39 is 9.84 Å². The molecule has 3 heterocycles. The Balaban J connectivity index is 1.22. The van der Waals surface area contributed by atoms with Gasteiger partial charge in [0.25, 0.3) is 0 Å². The van der Waals surface area contributed by atoms with E-state index in [1.165, 1.54) is 6.26 Å². The number of sulfone groups is 1. The van der Waals surface area contributed by atoms with Gasteiger partial charge < -0.3 is 9.84 Å². The number of benzene rings is 2. The molecule has 0 unspecified atom stereocenters. The first-order valence-corrected chi connectivity index (χ1v) is 15.4. The van der Waals surface area contributed by atoms with Gasteiger partial charge in [-0.2, -0.15) is 0 Å². The maximum absolute atomic E-state index is 12.4. The zero-order valence-corrected chi connectivity index (χ0v) is 24.3. The van der Waals surface area contributed by atoms with Crippen LogP contribution in [0.25, 0.3) is 28.0 Å². The number of urea groups is 1. The molecule has 5 rings (SSSR count). The third kappa shape index (κ3) is 6.02. The van der Waals surface area contributed by atoms with E-state index in [1.807, 2.05) is 53.2 Å². The average Bonchev–Trinajstić information content (AvgIpc) is 3.63. The number of anilines is 1. The molecule has 0 atom stereocenters. The second kappa shape index (κ2) is 11.2. The molecular weight excluding hydrogens is 538 g/mol. The highest BCUT2D eigenvalue weighted by atomic mass is 32.2. The summed E-state index contributed by atoms with van der Waals surface area (Å²) >= 11 is 0. The Morgan fingerprint density at radius 3 is 2.29 bits per heavy atom. The Hall–Kier alpha value is -4.44. The number of rotatable bonds is 9. The molecular formula is C31H33N5O4S. The summed E-state index contributed by atoms with van der Waals surface area (Å²) in [5.41, 5.74) is 6.25. The fourth-order valence-electron chi connectivity index (χ4n) is 4.63. The molecule has 3 aromatic heterocycles. The van der Waals surface area contributed by atoms with Crippen LogP contribution < -0.4 is 10.6 Å². The van der Waals surface area contributed by atoms with Gasteiger partial charge in [0.1, 0.15) is 5.65 Å². The van der Waals surface area contributed by atoms with Crippen molar-refractivity contribution >= 4 is 27.4 Å². The first-order chi connectivity index (χ1) is 19.6. The summed E-state index contributed by atoms with van der Waals surface area (Å²) in [6.07, 6.45) is 6.83. The van der Waals surface area contributed by atoms with Crippen LogP contribution >= 0.6 is 0 Å².